The molecule has 2 heterocycles. The highest BCUT2D eigenvalue weighted by atomic mass is 35.5. The van der Waals surface area contributed by atoms with E-state index in [1.54, 1.807) is 0 Å². The van der Waals surface area contributed by atoms with Crippen LogP contribution in [0.2, 0.25) is 0 Å². The Morgan fingerprint density at radius 3 is 2.68 bits per heavy atom. The van der Waals surface area contributed by atoms with Gasteiger partial charge in [-0.2, -0.15) is 0 Å². The summed E-state index contributed by atoms with van der Waals surface area (Å²) < 4.78 is 6.04. The molecule has 2 fully saturated rings. The Labute approximate surface area is 176 Å². The number of amides is 1. The highest BCUT2D eigenvalue weighted by Crippen LogP contribution is 2.17. The lowest BCUT2D eigenvalue weighted by Crippen LogP contribution is -2.42. The van der Waals surface area contributed by atoms with Crippen LogP contribution in [0.5, 0.6) is 0 Å². The summed E-state index contributed by atoms with van der Waals surface area (Å²) in [7, 11) is 0. The lowest BCUT2D eigenvalue weighted by molar-refractivity contribution is -0.126. The number of nitrogens with one attached hydrogen (secondary N) is 2. The number of nitrogens with zero attached hydrogens (tertiary/aromatic N) is 1. The van der Waals surface area contributed by atoms with Gasteiger partial charge in [0.2, 0.25) is 5.91 Å². The summed E-state index contributed by atoms with van der Waals surface area (Å²) in [6, 6.07) is 11.1. The Morgan fingerprint density at radius 2 is 1.96 bits per heavy atom. The predicted octanol–water partition coefficient (Wildman–Crippen LogP) is 2.98. The third-order valence-corrected chi connectivity index (χ3v) is 5.75. The van der Waals surface area contributed by atoms with E-state index in [-0.39, 0.29) is 24.2 Å². The lowest BCUT2D eigenvalue weighted by atomic mass is 9.92. The van der Waals surface area contributed by atoms with Crippen molar-refractivity contribution in [2.75, 3.05) is 32.8 Å². The molecule has 0 bridgehead atoms. The van der Waals surface area contributed by atoms with Crippen LogP contribution in [0, 0.1) is 5.92 Å². The van der Waals surface area contributed by atoms with Crippen molar-refractivity contribution in [3.8, 4) is 0 Å². The van der Waals surface area contributed by atoms with Gasteiger partial charge in [-0.25, -0.2) is 0 Å². The van der Waals surface area contributed by atoms with Crippen molar-refractivity contribution in [2.24, 2.45) is 5.92 Å². The topological polar surface area (TPSA) is 53.6 Å². The van der Waals surface area contributed by atoms with Gasteiger partial charge in [-0.1, -0.05) is 30.3 Å². The van der Waals surface area contributed by atoms with Crippen molar-refractivity contribution in [2.45, 2.75) is 57.7 Å². The van der Waals surface area contributed by atoms with Gasteiger partial charge in [0, 0.05) is 44.7 Å². The van der Waals surface area contributed by atoms with Crippen LogP contribution in [0.4, 0.5) is 0 Å². The number of ether oxygens (including phenoxy) is 1. The van der Waals surface area contributed by atoms with Crippen LogP contribution in [-0.4, -0.2) is 55.7 Å². The van der Waals surface area contributed by atoms with E-state index in [0.717, 1.165) is 71.4 Å². The van der Waals surface area contributed by atoms with Crippen molar-refractivity contribution in [1.29, 1.82) is 0 Å². The van der Waals surface area contributed by atoms with E-state index in [1.165, 1.54) is 5.56 Å². The Kier molecular flexibility index (Phi) is 10.3. The minimum atomic E-state index is 0. The molecule has 0 aromatic heterocycles. The fourth-order valence-electron chi connectivity index (χ4n) is 4.12. The fourth-order valence-corrected chi connectivity index (χ4v) is 4.12. The summed E-state index contributed by atoms with van der Waals surface area (Å²) >= 11 is 0. The number of rotatable bonds is 8. The first-order valence-corrected chi connectivity index (χ1v) is 10.6. The zero-order chi connectivity index (χ0) is 18.9. The number of halogens is 1. The standard InChI is InChI=1S/C22H35N3O2.ClH/c1-18-16-20(8-12-23-18)22(26)24-11-5-15-27-21-9-13-25(14-10-21)17-19-6-3-2-4-7-19;/h2-4,6-7,18,20-21,23H,5,8-17H2,1H3,(H,24,26);1H/t18-,20-;/m0./s1. The van der Waals surface area contributed by atoms with Gasteiger partial charge in [-0.15, -0.1) is 12.4 Å². The molecule has 0 unspecified atom stereocenters. The number of likely N-dealkylation sites (tertiary alicyclic amines) is 1. The molecule has 2 saturated heterocycles. The van der Waals surface area contributed by atoms with Gasteiger partial charge in [-0.05, 0) is 51.1 Å². The van der Waals surface area contributed by atoms with E-state index in [0.29, 0.717) is 12.1 Å². The van der Waals surface area contributed by atoms with Crippen molar-refractivity contribution < 1.29 is 9.53 Å². The molecule has 0 aliphatic carbocycles. The molecule has 3 rings (SSSR count). The second-order valence-corrected chi connectivity index (χ2v) is 8.05. The average Bonchev–Trinajstić information content (AvgIpc) is 2.69. The third-order valence-electron chi connectivity index (χ3n) is 5.75. The van der Waals surface area contributed by atoms with Gasteiger partial charge < -0.3 is 15.4 Å². The Hall–Kier alpha value is -1.14. The smallest absolute Gasteiger partial charge is 0.223 e. The fraction of sp³-hybridized carbons (Fsp3) is 0.682. The molecule has 2 aliphatic rings. The van der Waals surface area contributed by atoms with Crippen LogP contribution in [0.3, 0.4) is 0 Å². The van der Waals surface area contributed by atoms with Crippen molar-refractivity contribution in [1.82, 2.24) is 15.5 Å². The molecule has 5 nitrogen and oxygen atoms in total. The molecule has 2 N–H and O–H groups in total. The van der Waals surface area contributed by atoms with Crippen LogP contribution in [-0.2, 0) is 16.1 Å². The Balaban J connectivity index is 0.00000280. The molecule has 0 spiro atoms. The first kappa shape index (κ1) is 23.1. The second kappa shape index (κ2) is 12.4. The summed E-state index contributed by atoms with van der Waals surface area (Å²) in [5, 5.41) is 6.48. The number of hydrogen-bond acceptors (Lipinski definition) is 4. The predicted molar refractivity (Wildman–Crippen MR) is 116 cm³/mol. The third kappa shape index (κ3) is 7.70. The zero-order valence-electron chi connectivity index (χ0n) is 17.1. The van der Waals surface area contributed by atoms with Gasteiger partial charge in [0.05, 0.1) is 6.10 Å². The average molecular weight is 410 g/mol. The first-order valence-electron chi connectivity index (χ1n) is 10.6. The van der Waals surface area contributed by atoms with Crippen LogP contribution >= 0.6 is 12.4 Å². The summed E-state index contributed by atoms with van der Waals surface area (Å²) in [5.74, 6) is 0.397. The number of carbonyl (C=O) groups excluding carboxylic acids is 1. The van der Waals surface area contributed by atoms with Crippen LogP contribution in [0.1, 0.15) is 44.6 Å². The minimum Gasteiger partial charge on any atom is -0.378 e. The number of carbonyl (C=O) groups is 1. The molecular weight excluding hydrogens is 374 g/mol. The van der Waals surface area contributed by atoms with Crippen molar-refractivity contribution in [3.63, 3.8) is 0 Å². The molecule has 1 amide bonds. The maximum atomic E-state index is 12.2. The second-order valence-electron chi connectivity index (χ2n) is 8.05. The molecule has 158 valence electrons. The normalized spacial score (nSPS) is 23.8. The Bertz CT molecular complexity index is 564. The quantitative estimate of drug-likeness (QED) is 0.648. The molecule has 0 saturated carbocycles. The summed E-state index contributed by atoms with van der Waals surface area (Å²) in [6.45, 7) is 7.81. The van der Waals surface area contributed by atoms with Gasteiger partial charge in [-0.3, -0.25) is 9.69 Å². The molecule has 28 heavy (non-hydrogen) atoms. The van der Waals surface area contributed by atoms with Gasteiger partial charge in [0.15, 0.2) is 0 Å². The maximum absolute atomic E-state index is 12.2. The highest BCUT2D eigenvalue weighted by Gasteiger charge is 2.24. The van der Waals surface area contributed by atoms with E-state index < -0.39 is 0 Å². The summed E-state index contributed by atoms with van der Waals surface area (Å²) in [6.07, 6.45) is 5.38. The zero-order valence-corrected chi connectivity index (χ0v) is 17.9. The highest BCUT2D eigenvalue weighted by molar-refractivity contribution is 5.85. The number of benzene rings is 1. The molecule has 0 radical (unpaired) electrons. The van der Waals surface area contributed by atoms with E-state index in [4.69, 9.17) is 4.74 Å². The molecule has 1 aromatic rings. The lowest BCUT2D eigenvalue weighted by Gasteiger charge is -2.32. The first-order chi connectivity index (χ1) is 13.2. The monoisotopic (exact) mass is 409 g/mol. The van der Waals surface area contributed by atoms with Crippen LogP contribution in [0.15, 0.2) is 30.3 Å². The van der Waals surface area contributed by atoms with E-state index >= 15 is 0 Å². The van der Waals surface area contributed by atoms with Gasteiger partial charge in [0.1, 0.15) is 0 Å². The molecule has 6 heteroatoms. The molecular formula is C22H36ClN3O2. The largest absolute Gasteiger partial charge is 0.378 e. The van der Waals surface area contributed by atoms with Crippen molar-refractivity contribution >= 4 is 18.3 Å². The minimum absolute atomic E-state index is 0. The van der Waals surface area contributed by atoms with Crippen LogP contribution in [0.25, 0.3) is 0 Å². The SMILES string of the molecule is C[C@H]1C[C@@H](C(=O)NCCCOC2CCN(Cc3ccccc3)CC2)CCN1.Cl. The van der Waals surface area contributed by atoms with E-state index in [1.807, 2.05) is 0 Å². The summed E-state index contributed by atoms with van der Waals surface area (Å²) in [5.41, 5.74) is 1.38. The summed E-state index contributed by atoms with van der Waals surface area (Å²) in [4.78, 5) is 14.7. The molecule has 2 atom stereocenters. The van der Waals surface area contributed by atoms with E-state index in [9.17, 15) is 4.79 Å². The van der Waals surface area contributed by atoms with Gasteiger partial charge >= 0.3 is 0 Å². The molecule has 1 aromatic carbocycles. The van der Waals surface area contributed by atoms with Crippen LogP contribution < -0.4 is 10.6 Å². The van der Waals surface area contributed by atoms with Gasteiger partial charge in [0.25, 0.3) is 0 Å². The maximum Gasteiger partial charge on any atom is 0.223 e. The van der Waals surface area contributed by atoms with E-state index in [2.05, 4.69) is 52.8 Å². The molecule has 2 aliphatic heterocycles. The number of hydrogen-bond donors (Lipinski definition) is 2. The van der Waals surface area contributed by atoms with Crippen molar-refractivity contribution in [3.05, 3.63) is 35.9 Å². The Morgan fingerprint density at radius 1 is 1.21 bits per heavy atom. The number of piperidine rings is 2.